The predicted molar refractivity (Wildman–Crippen MR) is 135 cm³/mol. The van der Waals surface area contributed by atoms with Crippen molar-refractivity contribution in [2.75, 3.05) is 6.61 Å². The standard InChI is InChI=1S/2C9H22NSi.C5H8O3.Cr/c2*1-4-7-11(10,8-5-2)9-6-3;6-5(7)4-2-1-3-8-4;/h2*10H,4-9H2,1-3H3;4H,1-3H2,(H,6,7);/q2*-1;;+3/p-1. The van der Waals surface area contributed by atoms with E-state index in [-0.39, 0.29) is 17.4 Å². The van der Waals surface area contributed by atoms with Crippen LogP contribution >= 0.6 is 0 Å². The number of aliphatic carboxylic acids is 1. The number of carbonyl (C=O) groups is 1. The van der Waals surface area contributed by atoms with Crippen LogP contribution in [0.3, 0.4) is 0 Å². The first kappa shape index (κ1) is 35.9. The fraction of sp³-hybridized carbons (Fsp3) is 0.957. The van der Waals surface area contributed by atoms with Gasteiger partial charge >= 0.3 is 17.4 Å². The second-order valence-electron chi connectivity index (χ2n) is 8.88. The summed E-state index contributed by atoms with van der Waals surface area (Å²) in [6.45, 7) is 13.8. The number of hydrogen-bond donors (Lipinski definition) is 0. The molecule has 1 aliphatic heterocycles. The summed E-state index contributed by atoms with van der Waals surface area (Å²) in [6.07, 6.45) is 8.14. The first-order valence-electron chi connectivity index (χ1n) is 12.5. The van der Waals surface area contributed by atoms with Gasteiger partial charge in [0.2, 0.25) is 0 Å². The van der Waals surface area contributed by atoms with Gasteiger partial charge in [0.25, 0.3) is 0 Å². The number of carboxylic acids is 1. The zero-order chi connectivity index (χ0) is 23.5. The first-order chi connectivity index (χ1) is 14.2. The third kappa shape index (κ3) is 19.5. The monoisotopic (exact) mass is 511 g/mol. The van der Waals surface area contributed by atoms with Gasteiger partial charge in [0.15, 0.2) is 0 Å². The van der Waals surface area contributed by atoms with Crippen LogP contribution < -0.4 is 5.11 Å². The molecular formula is C23H51CrN2O3Si2. The smallest absolute Gasteiger partial charge is 0.679 e. The van der Waals surface area contributed by atoms with E-state index in [9.17, 15) is 9.90 Å². The topological polar surface area (TPSA) is 97.0 Å². The van der Waals surface area contributed by atoms with Crippen molar-refractivity contribution in [3.63, 3.8) is 0 Å². The Kier molecular flexibility index (Phi) is 25.6. The van der Waals surface area contributed by atoms with E-state index in [4.69, 9.17) is 15.5 Å². The predicted octanol–water partition coefficient (Wildman–Crippen LogP) is 7.34. The molecule has 1 saturated heterocycles. The Labute approximate surface area is 206 Å². The van der Waals surface area contributed by atoms with Crippen LogP contribution in [0.25, 0.3) is 10.8 Å². The van der Waals surface area contributed by atoms with E-state index >= 15 is 0 Å². The third-order valence-corrected chi connectivity index (χ3v) is 14.3. The molecule has 31 heavy (non-hydrogen) atoms. The maximum atomic E-state index is 9.97. The van der Waals surface area contributed by atoms with Crippen LogP contribution in [0, 0.1) is 0 Å². The molecule has 0 aromatic carbocycles. The van der Waals surface area contributed by atoms with E-state index in [0.29, 0.717) is 13.0 Å². The van der Waals surface area contributed by atoms with Crippen LogP contribution in [0.5, 0.6) is 0 Å². The summed E-state index contributed by atoms with van der Waals surface area (Å²) < 4.78 is 4.75. The maximum Gasteiger partial charge on any atom is 3.00 e. The number of rotatable bonds is 13. The molecule has 0 aromatic rings. The molecule has 1 aliphatic rings. The summed E-state index contributed by atoms with van der Waals surface area (Å²) in [5.41, 5.74) is 0. The first-order valence-corrected chi connectivity index (χ1v) is 17.7. The zero-order valence-corrected chi connectivity index (χ0v) is 24.6. The molecule has 0 amide bonds. The number of ether oxygens (including phenoxy) is 1. The van der Waals surface area contributed by atoms with Crippen molar-refractivity contribution in [2.45, 2.75) is 135 Å². The van der Waals surface area contributed by atoms with E-state index in [1.807, 2.05) is 0 Å². The quantitative estimate of drug-likeness (QED) is 0.242. The van der Waals surface area contributed by atoms with Gasteiger partial charge in [0.05, 0.1) is 12.1 Å². The van der Waals surface area contributed by atoms with Gasteiger partial charge in [-0.15, -0.1) is 0 Å². The largest absolute Gasteiger partial charge is 3.00 e. The number of nitrogens with one attached hydrogen (secondary N) is 2. The van der Waals surface area contributed by atoms with Crippen molar-refractivity contribution < 1.29 is 32.0 Å². The minimum absolute atomic E-state index is 0. The third-order valence-electron chi connectivity index (χ3n) is 5.56. The fourth-order valence-corrected chi connectivity index (χ4v) is 11.6. The van der Waals surface area contributed by atoms with Crippen LogP contribution in [-0.4, -0.2) is 35.2 Å². The van der Waals surface area contributed by atoms with E-state index in [1.54, 1.807) is 0 Å². The summed E-state index contributed by atoms with van der Waals surface area (Å²) in [7, 11) is -3.00. The molecule has 5 nitrogen and oxygen atoms in total. The van der Waals surface area contributed by atoms with Crippen LogP contribution in [0.4, 0.5) is 0 Å². The zero-order valence-electron chi connectivity index (χ0n) is 21.3. The van der Waals surface area contributed by atoms with Crippen molar-refractivity contribution in [1.82, 2.24) is 0 Å². The molecule has 0 aromatic heterocycles. The Bertz CT molecular complexity index is 354. The molecule has 1 heterocycles. The van der Waals surface area contributed by atoms with Gasteiger partial charge in [-0.3, -0.25) is 0 Å². The summed E-state index contributed by atoms with van der Waals surface area (Å²) in [5.74, 6) is -1.08. The number of hydrogen-bond acceptors (Lipinski definition) is 3. The Morgan fingerprint density at radius 2 is 1.06 bits per heavy atom. The minimum Gasteiger partial charge on any atom is -0.679 e. The summed E-state index contributed by atoms with van der Waals surface area (Å²) in [4.78, 5) is 9.97. The van der Waals surface area contributed by atoms with Gasteiger partial charge in [-0.1, -0.05) is 133 Å². The molecule has 0 saturated carbocycles. The molecule has 8 heteroatoms. The van der Waals surface area contributed by atoms with Crippen LogP contribution in [0.2, 0.25) is 36.3 Å². The molecule has 1 rings (SSSR count). The second-order valence-corrected chi connectivity index (χ2v) is 17.0. The van der Waals surface area contributed by atoms with Gasteiger partial charge in [-0.25, -0.2) is 0 Å². The van der Waals surface area contributed by atoms with Crippen molar-refractivity contribution in [3.8, 4) is 0 Å². The molecule has 1 radical (unpaired) electrons. The average Bonchev–Trinajstić information content (AvgIpc) is 3.19. The Hall–Kier alpha value is 0.316. The average molecular weight is 512 g/mol. The van der Waals surface area contributed by atoms with Gasteiger partial charge < -0.3 is 25.4 Å². The van der Waals surface area contributed by atoms with Gasteiger partial charge in [0, 0.05) is 6.61 Å². The van der Waals surface area contributed by atoms with Crippen LogP contribution in [-0.2, 0) is 26.9 Å². The Morgan fingerprint density at radius 1 is 0.774 bits per heavy atom. The Morgan fingerprint density at radius 3 is 1.19 bits per heavy atom. The van der Waals surface area contributed by atoms with Crippen LogP contribution in [0.1, 0.15) is 92.9 Å². The molecule has 0 bridgehead atoms. The second kappa shape index (κ2) is 22.1. The van der Waals surface area contributed by atoms with Gasteiger partial charge in [0.1, 0.15) is 0 Å². The summed E-state index contributed by atoms with van der Waals surface area (Å²) in [6, 6.07) is 7.30. The molecule has 1 fully saturated rings. The van der Waals surface area contributed by atoms with Crippen molar-refractivity contribution in [2.24, 2.45) is 0 Å². The molecule has 185 valence electrons. The maximum absolute atomic E-state index is 9.97. The van der Waals surface area contributed by atoms with Crippen LogP contribution in [0.15, 0.2) is 0 Å². The SMILES string of the molecule is CCC[Si]([NH-])(CCC)CCC.CCC[Si]([NH-])(CCC)CCC.O=C([O-])C1CCCO1.[Cr+3]. The fourth-order valence-electron chi connectivity index (χ4n) is 4.38. The van der Waals surface area contributed by atoms with E-state index < -0.39 is 28.5 Å². The molecule has 1 unspecified atom stereocenters. The van der Waals surface area contributed by atoms with Crippen molar-refractivity contribution in [3.05, 3.63) is 10.8 Å². The van der Waals surface area contributed by atoms with E-state index in [1.165, 1.54) is 74.8 Å². The molecule has 0 spiro atoms. The van der Waals surface area contributed by atoms with Gasteiger partial charge in [-0.2, -0.15) is 0 Å². The van der Waals surface area contributed by atoms with Gasteiger partial charge in [-0.05, 0) is 12.8 Å². The summed E-state index contributed by atoms with van der Waals surface area (Å²) in [5, 5.41) is 26.5. The number of carbonyl (C=O) groups excluding carboxylic acids is 1. The summed E-state index contributed by atoms with van der Waals surface area (Å²) >= 11 is 0. The normalized spacial score (nSPS) is 15.8. The molecular weight excluding hydrogens is 460 g/mol. The van der Waals surface area contributed by atoms with Crippen molar-refractivity contribution >= 4 is 22.4 Å². The van der Waals surface area contributed by atoms with Crippen molar-refractivity contribution in [1.29, 1.82) is 0 Å². The number of carboxylic acid groups (broad SMARTS) is 1. The van der Waals surface area contributed by atoms with E-state index in [2.05, 4.69) is 41.5 Å². The molecule has 1 atom stereocenters. The minimum atomic E-state index is -1.50. The molecule has 0 aliphatic carbocycles. The van der Waals surface area contributed by atoms with E-state index in [0.717, 1.165) is 6.42 Å². The Balaban J connectivity index is -0.000000377. The molecule has 2 N–H and O–H groups in total.